The molecule has 0 aliphatic heterocycles. The van der Waals surface area contributed by atoms with Crippen LogP contribution in [0.3, 0.4) is 0 Å². The molecule has 2 rings (SSSR count). The molecule has 2 aromatic rings. The number of nitro groups is 1. The SMILES string of the molecule is CCCCN(CCCC)COc1ccc(N=Nc2cccc([N+](=O)[O-])c2)c(C#N)c1C#N. The minimum absolute atomic E-state index is 0.0489. The molecule has 0 bridgehead atoms. The van der Waals surface area contributed by atoms with Gasteiger partial charge >= 0.3 is 0 Å². The number of hydrogen-bond donors (Lipinski definition) is 0. The molecule has 0 unspecified atom stereocenters. The van der Waals surface area contributed by atoms with Gasteiger partial charge in [-0.15, -0.1) is 5.11 Å². The summed E-state index contributed by atoms with van der Waals surface area (Å²) >= 11 is 0. The lowest BCUT2D eigenvalue weighted by molar-refractivity contribution is -0.384. The normalized spacial score (nSPS) is 10.8. The summed E-state index contributed by atoms with van der Waals surface area (Å²) in [6, 6.07) is 12.9. The second kappa shape index (κ2) is 12.8. The third-order valence-electron chi connectivity index (χ3n) is 4.74. The highest BCUT2D eigenvalue weighted by Crippen LogP contribution is 2.31. The molecule has 2 aromatic carbocycles. The fourth-order valence-corrected chi connectivity index (χ4v) is 2.95. The Labute approximate surface area is 187 Å². The van der Waals surface area contributed by atoms with Gasteiger partial charge in [-0.3, -0.25) is 15.0 Å². The van der Waals surface area contributed by atoms with Crippen LogP contribution in [0.25, 0.3) is 0 Å². The Morgan fingerprint density at radius 2 is 1.72 bits per heavy atom. The molecule has 0 N–H and O–H groups in total. The van der Waals surface area contributed by atoms with Crippen molar-refractivity contribution in [3.05, 3.63) is 57.6 Å². The Bertz CT molecular complexity index is 1030. The molecule has 0 saturated carbocycles. The topological polar surface area (TPSA) is 128 Å². The van der Waals surface area contributed by atoms with Gasteiger partial charge in [-0.2, -0.15) is 15.6 Å². The van der Waals surface area contributed by atoms with Gasteiger partial charge in [0.2, 0.25) is 0 Å². The van der Waals surface area contributed by atoms with E-state index in [1.807, 2.05) is 12.1 Å². The highest BCUT2D eigenvalue weighted by Gasteiger charge is 2.16. The molecule has 32 heavy (non-hydrogen) atoms. The number of nitriles is 2. The van der Waals surface area contributed by atoms with Crippen LogP contribution < -0.4 is 4.74 Å². The van der Waals surface area contributed by atoms with Crippen molar-refractivity contribution in [2.75, 3.05) is 19.8 Å². The number of hydrogen-bond acceptors (Lipinski definition) is 8. The fourth-order valence-electron chi connectivity index (χ4n) is 2.95. The van der Waals surface area contributed by atoms with Crippen LogP contribution in [0.15, 0.2) is 46.6 Å². The first-order valence-electron chi connectivity index (χ1n) is 10.5. The van der Waals surface area contributed by atoms with Gasteiger partial charge in [-0.1, -0.05) is 32.8 Å². The van der Waals surface area contributed by atoms with Crippen LogP contribution in [0, 0.1) is 32.8 Å². The highest BCUT2D eigenvalue weighted by molar-refractivity contribution is 5.66. The quantitative estimate of drug-likeness (QED) is 0.175. The summed E-state index contributed by atoms with van der Waals surface area (Å²) in [5.74, 6) is 0.316. The summed E-state index contributed by atoms with van der Waals surface area (Å²) in [5, 5.41) is 38.2. The molecule has 0 saturated heterocycles. The number of non-ortho nitro benzene ring substituents is 1. The maximum absolute atomic E-state index is 10.9. The molecule has 0 heterocycles. The van der Waals surface area contributed by atoms with Gasteiger partial charge in [-0.25, -0.2) is 0 Å². The van der Waals surface area contributed by atoms with Gasteiger partial charge < -0.3 is 4.74 Å². The van der Waals surface area contributed by atoms with Crippen LogP contribution in [0.4, 0.5) is 17.1 Å². The van der Waals surface area contributed by atoms with E-state index in [0.29, 0.717) is 12.5 Å². The van der Waals surface area contributed by atoms with Crippen molar-refractivity contribution < 1.29 is 9.66 Å². The number of rotatable bonds is 12. The van der Waals surface area contributed by atoms with Crippen LogP contribution >= 0.6 is 0 Å². The van der Waals surface area contributed by atoms with Gasteiger partial charge in [0.15, 0.2) is 0 Å². The average Bonchev–Trinajstić information content (AvgIpc) is 2.82. The van der Waals surface area contributed by atoms with Gasteiger partial charge in [0.25, 0.3) is 5.69 Å². The number of azo groups is 1. The monoisotopic (exact) mass is 434 g/mol. The summed E-state index contributed by atoms with van der Waals surface area (Å²) < 4.78 is 5.89. The smallest absolute Gasteiger partial charge is 0.271 e. The van der Waals surface area contributed by atoms with Crippen LogP contribution in [0.2, 0.25) is 0 Å². The maximum atomic E-state index is 10.9. The highest BCUT2D eigenvalue weighted by atomic mass is 16.6. The number of ether oxygens (including phenoxy) is 1. The lowest BCUT2D eigenvalue weighted by Crippen LogP contribution is -2.30. The standard InChI is InChI=1S/C23H26N6O3/c1-3-5-12-28(13-6-4-2)17-32-23-11-10-22(20(15-24)21(23)16-25)27-26-18-8-7-9-19(14-18)29(30)31/h7-11,14H,3-6,12-13,17H2,1-2H3. The molecule has 9 heteroatoms. The molecule has 0 spiro atoms. The van der Waals surface area contributed by atoms with E-state index < -0.39 is 4.92 Å². The Kier molecular flexibility index (Phi) is 9.76. The van der Waals surface area contributed by atoms with E-state index in [1.165, 1.54) is 18.2 Å². The molecule has 0 aliphatic carbocycles. The first kappa shape index (κ1) is 24.4. The number of nitro benzene ring substituents is 1. The number of nitrogens with zero attached hydrogens (tertiary/aromatic N) is 6. The molecule has 0 aliphatic rings. The van der Waals surface area contributed by atoms with Crippen molar-refractivity contribution in [1.82, 2.24) is 4.90 Å². The van der Waals surface area contributed by atoms with Crippen LogP contribution in [-0.2, 0) is 0 Å². The van der Waals surface area contributed by atoms with E-state index in [9.17, 15) is 20.6 Å². The largest absolute Gasteiger partial charge is 0.477 e. The zero-order valence-electron chi connectivity index (χ0n) is 18.3. The summed E-state index contributed by atoms with van der Waals surface area (Å²) in [6.07, 6.45) is 4.26. The lowest BCUT2D eigenvalue weighted by atomic mass is 10.1. The minimum atomic E-state index is -0.524. The van der Waals surface area contributed by atoms with E-state index >= 15 is 0 Å². The first-order valence-corrected chi connectivity index (χ1v) is 10.5. The summed E-state index contributed by atoms with van der Waals surface area (Å²) in [4.78, 5) is 12.6. The van der Waals surface area contributed by atoms with Crippen molar-refractivity contribution in [3.8, 4) is 17.9 Å². The zero-order valence-corrected chi connectivity index (χ0v) is 18.3. The van der Waals surface area contributed by atoms with Crippen molar-refractivity contribution in [1.29, 1.82) is 10.5 Å². The van der Waals surface area contributed by atoms with Crippen molar-refractivity contribution in [2.45, 2.75) is 39.5 Å². The molecular weight excluding hydrogens is 408 g/mol. The predicted octanol–water partition coefficient (Wildman–Crippen LogP) is 5.99. The van der Waals surface area contributed by atoms with E-state index in [-0.39, 0.29) is 28.2 Å². The Hall–Kier alpha value is -3.82. The Balaban J connectivity index is 2.24. The predicted molar refractivity (Wildman–Crippen MR) is 120 cm³/mol. The zero-order chi connectivity index (χ0) is 23.3. The molecule has 0 atom stereocenters. The van der Waals surface area contributed by atoms with Crippen LogP contribution in [0.5, 0.6) is 5.75 Å². The van der Waals surface area contributed by atoms with E-state index in [0.717, 1.165) is 38.8 Å². The molecule has 0 radical (unpaired) electrons. The third kappa shape index (κ3) is 6.86. The second-order valence-electron chi connectivity index (χ2n) is 7.13. The molecule has 0 amide bonds. The third-order valence-corrected chi connectivity index (χ3v) is 4.74. The van der Waals surface area contributed by atoms with Crippen LogP contribution in [0.1, 0.15) is 50.7 Å². The Morgan fingerprint density at radius 1 is 1.03 bits per heavy atom. The van der Waals surface area contributed by atoms with Gasteiger partial charge in [0.1, 0.15) is 41.4 Å². The summed E-state index contributed by atoms with van der Waals surface area (Å²) in [5.41, 5.74) is 0.488. The fraction of sp³-hybridized carbons (Fsp3) is 0.391. The number of unbranched alkanes of at least 4 members (excludes halogenated alkanes) is 2. The van der Waals surface area contributed by atoms with Gasteiger partial charge in [0.05, 0.1) is 10.6 Å². The lowest BCUT2D eigenvalue weighted by Gasteiger charge is -2.22. The van der Waals surface area contributed by atoms with E-state index in [4.69, 9.17) is 4.74 Å². The number of benzene rings is 2. The van der Waals surface area contributed by atoms with Crippen molar-refractivity contribution in [2.24, 2.45) is 10.2 Å². The van der Waals surface area contributed by atoms with Crippen molar-refractivity contribution >= 4 is 17.1 Å². The summed E-state index contributed by atoms with van der Waals surface area (Å²) in [6.45, 7) is 6.39. The molecule has 166 valence electrons. The molecule has 0 aromatic heterocycles. The minimum Gasteiger partial charge on any atom is -0.477 e. The van der Waals surface area contributed by atoms with E-state index in [2.05, 4.69) is 29.0 Å². The summed E-state index contributed by atoms with van der Waals surface area (Å²) in [7, 11) is 0. The molecule has 0 fully saturated rings. The van der Waals surface area contributed by atoms with Crippen molar-refractivity contribution in [3.63, 3.8) is 0 Å². The van der Waals surface area contributed by atoms with Crippen LogP contribution in [-0.4, -0.2) is 29.6 Å². The Morgan fingerprint density at radius 3 is 2.31 bits per heavy atom. The van der Waals surface area contributed by atoms with E-state index in [1.54, 1.807) is 18.2 Å². The molecule has 9 nitrogen and oxygen atoms in total. The van der Waals surface area contributed by atoms with Gasteiger partial charge in [0, 0.05) is 25.2 Å². The van der Waals surface area contributed by atoms with Gasteiger partial charge in [-0.05, 0) is 31.0 Å². The molecular formula is C23H26N6O3. The second-order valence-corrected chi connectivity index (χ2v) is 7.13. The average molecular weight is 435 g/mol. The first-order chi connectivity index (χ1) is 15.5. The maximum Gasteiger partial charge on any atom is 0.271 e.